The Bertz CT molecular complexity index is 469. The normalized spacial score (nSPS) is 12.7. The Hall–Kier alpha value is -0.890. The Balaban J connectivity index is 0.00000484. The Morgan fingerprint density at radius 1 is 1.30 bits per heavy atom. The summed E-state index contributed by atoms with van der Waals surface area (Å²) in [5.41, 5.74) is 0.886. The first-order valence-corrected chi connectivity index (χ1v) is 7.87. The number of nitrogens with one attached hydrogen (secondary N) is 2. The third kappa shape index (κ3) is 9.10. The maximum absolute atomic E-state index is 13.1. The summed E-state index contributed by atoms with van der Waals surface area (Å²) in [6.45, 7) is 8.40. The first-order chi connectivity index (χ1) is 10.6. The molecule has 4 nitrogen and oxygen atoms in total. The monoisotopic (exact) mass is 437 g/mol. The second kappa shape index (κ2) is 12.5. The van der Waals surface area contributed by atoms with Crippen molar-refractivity contribution in [3.05, 3.63) is 35.6 Å². The van der Waals surface area contributed by atoms with E-state index in [4.69, 9.17) is 4.74 Å². The van der Waals surface area contributed by atoms with E-state index in [1.54, 1.807) is 13.1 Å². The zero-order chi connectivity index (χ0) is 16.4. The second-order valence-electron chi connectivity index (χ2n) is 5.51. The van der Waals surface area contributed by atoms with Gasteiger partial charge >= 0.3 is 0 Å². The number of ether oxygens (including phenoxy) is 1. The van der Waals surface area contributed by atoms with Gasteiger partial charge in [0.2, 0.25) is 0 Å². The van der Waals surface area contributed by atoms with Crippen molar-refractivity contribution in [1.29, 1.82) is 0 Å². The van der Waals surface area contributed by atoms with E-state index >= 15 is 0 Å². The van der Waals surface area contributed by atoms with Crippen LogP contribution in [0.4, 0.5) is 4.39 Å². The van der Waals surface area contributed by atoms with Gasteiger partial charge in [-0.15, -0.1) is 24.0 Å². The molecule has 23 heavy (non-hydrogen) atoms. The van der Waals surface area contributed by atoms with Crippen molar-refractivity contribution in [3.8, 4) is 0 Å². The van der Waals surface area contributed by atoms with Crippen molar-refractivity contribution in [3.63, 3.8) is 0 Å². The number of benzene rings is 1. The zero-order valence-corrected chi connectivity index (χ0v) is 16.8. The summed E-state index contributed by atoms with van der Waals surface area (Å²) in [5, 5.41) is 6.44. The van der Waals surface area contributed by atoms with Crippen LogP contribution in [0, 0.1) is 11.7 Å². The topological polar surface area (TPSA) is 45.6 Å². The molecule has 0 aliphatic rings. The van der Waals surface area contributed by atoms with Crippen molar-refractivity contribution >= 4 is 29.9 Å². The van der Waals surface area contributed by atoms with Crippen molar-refractivity contribution in [2.75, 3.05) is 20.2 Å². The highest BCUT2D eigenvalue weighted by atomic mass is 127. The predicted octanol–water partition coefficient (Wildman–Crippen LogP) is 3.56. The number of halogens is 2. The summed E-state index contributed by atoms with van der Waals surface area (Å²) in [7, 11) is 1.73. The van der Waals surface area contributed by atoms with Gasteiger partial charge in [-0.1, -0.05) is 26.0 Å². The fourth-order valence-electron chi connectivity index (χ4n) is 2.21. The SMILES string of the molecule is CCOC(CCNC(=NC)NCc1cccc(F)c1)C(C)C.I. The number of aliphatic imine (C=N–C) groups is 1. The molecular formula is C17H29FIN3O. The molecule has 0 aliphatic carbocycles. The molecule has 1 aromatic rings. The fourth-order valence-corrected chi connectivity index (χ4v) is 2.21. The predicted molar refractivity (Wildman–Crippen MR) is 105 cm³/mol. The number of rotatable bonds is 8. The summed E-state index contributed by atoms with van der Waals surface area (Å²) in [6.07, 6.45) is 1.17. The number of nitrogens with zero attached hydrogens (tertiary/aromatic N) is 1. The molecule has 0 saturated heterocycles. The van der Waals surface area contributed by atoms with Gasteiger partial charge in [-0.2, -0.15) is 0 Å². The lowest BCUT2D eigenvalue weighted by Gasteiger charge is -2.21. The maximum Gasteiger partial charge on any atom is 0.191 e. The molecule has 1 atom stereocenters. The second-order valence-corrected chi connectivity index (χ2v) is 5.51. The van der Waals surface area contributed by atoms with Gasteiger partial charge in [0.15, 0.2) is 5.96 Å². The van der Waals surface area contributed by atoms with Gasteiger partial charge in [0.05, 0.1) is 6.10 Å². The minimum absolute atomic E-state index is 0. The van der Waals surface area contributed by atoms with Crippen LogP contribution in [0.2, 0.25) is 0 Å². The first kappa shape index (κ1) is 22.1. The third-order valence-corrected chi connectivity index (χ3v) is 3.42. The molecular weight excluding hydrogens is 408 g/mol. The largest absolute Gasteiger partial charge is 0.378 e. The Morgan fingerprint density at radius 2 is 2.04 bits per heavy atom. The summed E-state index contributed by atoms with van der Waals surface area (Å²) in [6, 6.07) is 6.55. The Labute approximate surface area is 156 Å². The molecule has 1 unspecified atom stereocenters. The third-order valence-electron chi connectivity index (χ3n) is 3.42. The molecule has 0 amide bonds. The van der Waals surface area contributed by atoms with E-state index < -0.39 is 0 Å². The van der Waals surface area contributed by atoms with Crippen molar-refractivity contribution < 1.29 is 9.13 Å². The Morgan fingerprint density at radius 3 is 2.61 bits per heavy atom. The molecule has 132 valence electrons. The quantitative estimate of drug-likeness (QED) is 0.372. The molecule has 1 aromatic carbocycles. The van der Waals surface area contributed by atoms with Crippen molar-refractivity contribution in [2.45, 2.75) is 39.8 Å². The molecule has 6 heteroatoms. The smallest absolute Gasteiger partial charge is 0.191 e. The minimum atomic E-state index is -0.223. The van der Waals surface area contributed by atoms with E-state index in [9.17, 15) is 4.39 Å². The molecule has 0 aromatic heterocycles. The van der Waals surface area contributed by atoms with Crippen LogP contribution in [0.25, 0.3) is 0 Å². The zero-order valence-electron chi connectivity index (χ0n) is 14.4. The lowest BCUT2D eigenvalue weighted by atomic mass is 10.0. The van der Waals surface area contributed by atoms with Gasteiger partial charge in [-0.3, -0.25) is 4.99 Å². The van der Waals surface area contributed by atoms with Crippen molar-refractivity contribution in [1.82, 2.24) is 10.6 Å². The van der Waals surface area contributed by atoms with Crippen LogP contribution < -0.4 is 10.6 Å². The molecule has 0 aliphatic heterocycles. The van der Waals surface area contributed by atoms with E-state index in [-0.39, 0.29) is 35.9 Å². The van der Waals surface area contributed by atoms with E-state index in [2.05, 4.69) is 29.5 Å². The van der Waals surface area contributed by atoms with Gasteiger partial charge in [0.1, 0.15) is 5.82 Å². The molecule has 0 bridgehead atoms. The lowest BCUT2D eigenvalue weighted by Crippen LogP contribution is -2.38. The number of guanidine groups is 1. The average Bonchev–Trinajstić information content (AvgIpc) is 2.49. The van der Waals surface area contributed by atoms with Crippen LogP contribution in [0.3, 0.4) is 0 Å². The van der Waals surface area contributed by atoms with Gasteiger partial charge in [0, 0.05) is 26.7 Å². The number of hydrogen-bond acceptors (Lipinski definition) is 2. The molecule has 2 N–H and O–H groups in total. The van der Waals surface area contributed by atoms with Gasteiger partial charge in [-0.25, -0.2) is 4.39 Å². The van der Waals surface area contributed by atoms with E-state index in [0.29, 0.717) is 18.4 Å². The van der Waals surface area contributed by atoms with Crippen LogP contribution in [-0.4, -0.2) is 32.3 Å². The molecule has 0 fully saturated rings. The minimum Gasteiger partial charge on any atom is -0.378 e. The molecule has 0 radical (unpaired) electrons. The molecule has 0 spiro atoms. The highest BCUT2D eigenvalue weighted by Gasteiger charge is 2.12. The first-order valence-electron chi connectivity index (χ1n) is 7.87. The van der Waals surface area contributed by atoms with Gasteiger partial charge in [-0.05, 0) is 37.0 Å². The highest BCUT2D eigenvalue weighted by Crippen LogP contribution is 2.09. The lowest BCUT2D eigenvalue weighted by molar-refractivity contribution is 0.0258. The molecule has 0 heterocycles. The van der Waals surface area contributed by atoms with Crippen LogP contribution in [0.15, 0.2) is 29.3 Å². The van der Waals surface area contributed by atoms with Gasteiger partial charge < -0.3 is 15.4 Å². The van der Waals surface area contributed by atoms with Crippen LogP contribution in [0.1, 0.15) is 32.8 Å². The molecule has 1 rings (SSSR count). The summed E-state index contributed by atoms with van der Waals surface area (Å²) >= 11 is 0. The van der Waals surface area contributed by atoms with Crippen LogP contribution in [0.5, 0.6) is 0 Å². The van der Waals surface area contributed by atoms with Crippen molar-refractivity contribution in [2.24, 2.45) is 10.9 Å². The maximum atomic E-state index is 13.1. The number of hydrogen-bond donors (Lipinski definition) is 2. The van der Waals surface area contributed by atoms with Crippen LogP contribution >= 0.6 is 24.0 Å². The summed E-state index contributed by atoms with van der Waals surface area (Å²) in [5.74, 6) is 0.978. The van der Waals surface area contributed by atoms with Gasteiger partial charge in [0.25, 0.3) is 0 Å². The van der Waals surface area contributed by atoms with E-state index in [1.165, 1.54) is 12.1 Å². The standard InChI is InChI=1S/C17H28FN3O.HI/c1-5-22-16(13(2)3)9-10-20-17(19-4)21-12-14-7-6-8-15(18)11-14;/h6-8,11,13,16H,5,9-10,12H2,1-4H3,(H2,19,20,21);1H. The average molecular weight is 437 g/mol. The summed E-state index contributed by atoms with van der Waals surface area (Å²) in [4.78, 5) is 4.17. The van der Waals surface area contributed by atoms with E-state index in [1.807, 2.05) is 13.0 Å². The summed E-state index contributed by atoms with van der Waals surface area (Å²) < 4.78 is 18.8. The van der Waals surface area contributed by atoms with E-state index in [0.717, 1.165) is 25.1 Å². The Kier molecular flexibility index (Phi) is 12.0. The highest BCUT2D eigenvalue weighted by molar-refractivity contribution is 14.0. The van der Waals surface area contributed by atoms with Crippen LogP contribution in [-0.2, 0) is 11.3 Å². The fraction of sp³-hybridized carbons (Fsp3) is 0.588. The molecule has 0 saturated carbocycles.